The molecule has 0 saturated carbocycles. The van der Waals surface area contributed by atoms with Gasteiger partial charge in [0.2, 0.25) is 0 Å². The molecule has 5 nitrogen and oxygen atoms in total. The number of hydrogen-bond acceptors (Lipinski definition) is 5. The average Bonchev–Trinajstić information content (AvgIpc) is 2.32. The van der Waals surface area contributed by atoms with Gasteiger partial charge in [0, 0.05) is 6.54 Å². The minimum Gasteiger partial charge on any atom is -0.378 e. The highest BCUT2D eigenvalue weighted by Gasteiger charge is 2.26. The maximum Gasteiger partial charge on any atom is 0.313 e. The molecular weight excluding hydrogens is 254 g/mol. The van der Waals surface area contributed by atoms with Gasteiger partial charge in [0.15, 0.2) is 0 Å². The van der Waals surface area contributed by atoms with Crippen molar-refractivity contribution in [3.8, 4) is 0 Å². The minimum absolute atomic E-state index is 0.0704. The second-order valence-corrected chi connectivity index (χ2v) is 5.94. The lowest BCUT2D eigenvalue weighted by atomic mass is 10.2. The molecule has 1 fully saturated rings. The van der Waals surface area contributed by atoms with Gasteiger partial charge in [0.05, 0.1) is 24.2 Å². The van der Waals surface area contributed by atoms with E-state index in [9.17, 15) is 8.42 Å². The van der Waals surface area contributed by atoms with Crippen molar-refractivity contribution in [2.24, 2.45) is 0 Å². The van der Waals surface area contributed by atoms with E-state index in [0.717, 1.165) is 5.56 Å². The van der Waals surface area contributed by atoms with Crippen LogP contribution < -0.4 is 0 Å². The lowest BCUT2D eigenvalue weighted by molar-refractivity contribution is -0.147. The first kappa shape index (κ1) is 13.5. The fourth-order valence-corrected chi connectivity index (χ4v) is 2.73. The van der Waals surface area contributed by atoms with Crippen molar-refractivity contribution in [1.82, 2.24) is 5.06 Å². The molecule has 0 radical (unpaired) electrons. The van der Waals surface area contributed by atoms with E-state index in [-0.39, 0.29) is 10.9 Å². The number of hydrogen-bond donors (Lipinski definition) is 0. The zero-order valence-corrected chi connectivity index (χ0v) is 11.3. The SMILES string of the molecule is Cc1ccc(S(=O)(=O)ON2CCOC[C@H]2C)cc1. The Morgan fingerprint density at radius 1 is 1.33 bits per heavy atom. The number of rotatable bonds is 3. The number of benzene rings is 1. The third kappa shape index (κ3) is 3.08. The van der Waals surface area contributed by atoms with Gasteiger partial charge in [-0.25, -0.2) is 0 Å². The van der Waals surface area contributed by atoms with Crippen molar-refractivity contribution >= 4 is 10.1 Å². The van der Waals surface area contributed by atoms with E-state index in [1.54, 1.807) is 24.3 Å². The average molecular weight is 271 g/mol. The summed E-state index contributed by atoms with van der Waals surface area (Å²) in [5.74, 6) is 0. The summed E-state index contributed by atoms with van der Waals surface area (Å²) in [5, 5.41) is 1.46. The van der Waals surface area contributed by atoms with Crippen LogP contribution in [-0.4, -0.2) is 39.3 Å². The van der Waals surface area contributed by atoms with Crippen LogP contribution in [0.4, 0.5) is 0 Å². The Morgan fingerprint density at radius 2 is 2.00 bits per heavy atom. The van der Waals surface area contributed by atoms with Crippen molar-refractivity contribution in [2.75, 3.05) is 19.8 Å². The maximum atomic E-state index is 12.1. The predicted octanol–water partition coefficient (Wildman–Crippen LogP) is 1.34. The largest absolute Gasteiger partial charge is 0.378 e. The number of aryl methyl sites for hydroxylation is 1. The van der Waals surface area contributed by atoms with Gasteiger partial charge in [-0.1, -0.05) is 17.7 Å². The molecule has 1 aromatic rings. The number of nitrogens with zero attached hydrogens (tertiary/aromatic N) is 1. The Morgan fingerprint density at radius 3 is 2.61 bits per heavy atom. The highest BCUT2D eigenvalue weighted by Crippen LogP contribution is 2.17. The normalized spacial score (nSPS) is 22.0. The summed E-state index contributed by atoms with van der Waals surface area (Å²) in [6.07, 6.45) is 0. The van der Waals surface area contributed by atoms with E-state index in [4.69, 9.17) is 9.02 Å². The first-order valence-electron chi connectivity index (χ1n) is 5.85. The Labute approximate surface area is 107 Å². The quantitative estimate of drug-likeness (QED) is 0.830. The summed E-state index contributed by atoms with van der Waals surface area (Å²) in [6, 6.07) is 6.53. The van der Waals surface area contributed by atoms with Gasteiger partial charge in [-0.05, 0) is 26.0 Å². The zero-order valence-electron chi connectivity index (χ0n) is 10.5. The molecule has 0 spiro atoms. The highest BCUT2D eigenvalue weighted by atomic mass is 32.2. The molecule has 1 aromatic carbocycles. The molecule has 100 valence electrons. The lowest BCUT2D eigenvalue weighted by Crippen LogP contribution is -2.44. The molecule has 1 atom stereocenters. The Balaban J connectivity index is 2.13. The summed E-state index contributed by atoms with van der Waals surface area (Å²) in [7, 11) is -3.74. The molecule has 0 amide bonds. The lowest BCUT2D eigenvalue weighted by Gasteiger charge is -2.30. The van der Waals surface area contributed by atoms with Crippen molar-refractivity contribution in [3.63, 3.8) is 0 Å². The van der Waals surface area contributed by atoms with Crippen LogP contribution in [0.25, 0.3) is 0 Å². The fraction of sp³-hybridized carbons (Fsp3) is 0.500. The van der Waals surface area contributed by atoms with Crippen molar-refractivity contribution in [3.05, 3.63) is 29.8 Å². The standard InChI is InChI=1S/C12H17NO4S/c1-10-3-5-12(6-4-10)18(14,15)17-13-7-8-16-9-11(13)2/h3-6,11H,7-9H2,1-2H3/t11-/m1/s1. The predicted molar refractivity (Wildman–Crippen MR) is 66.4 cm³/mol. The minimum atomic E-state index is -3.74. The molecule has 1 saturated heterocycles. The molecular formula is C12H17NO4S. The van der Waals surface area contributed by atoms with Crippen LogP contribution in [0.2, 0.25) is 0 Å². The van der Waals surface area contributed by atoms with Crippen LogP contribution >= 0.6 is 0 Å². The summed E-state index contributed by atoms with van der Waals surface area (Å²) in [6.45, 7) is 5.18. The maximum absolute atomic E-state index is 12.1. The molecule has 0 bridgehead atoms. The molecule has 0 unspecified atom stereocenters. The summed E-state index contributed by atoms with van der Waals surface area (Å²) in [5.41, 5.74) is 1.01. The topological polar surface area (TPSA) is 55.8 Å². The summed E-state index contributed by atoms with van der Waals surface area (Å²) < 4.78 is 34.5. The first-order chi connectivity index (χ1) is 8.49. The molecule has 1 aliphatic heterocycles. The van der Waals surface area contributed by atoms with Gasteiger partial charge in [-0.15, -0.1) is 0 Å². The van der Waals surface area contributed by atoms with E-state index in [2.05, 4.69) is 0 Å². The smallest absolute Gasteiger partial charge is 0.313 e. The summed E-state index contributed by atoms with van der Waals surface area (Å²) in [4.78, 5) is 0.173. The third-order valence-electron chi connectivity index (χ3n) is 2.81. The van der Waals surface area contributed by atoms with Gasteiger partial charge in [0.25, 0.3) is 0 Å². The number of ether oxygens (including phenoxy) is 1. The van der Waals surface area contributed by atoms with Crippen LogP contribution in [0.3, 0.4) is 0 Å². The molecule has 2 rings (SSSR count). The van der Waals surface area contributed by atoms with Crippen molar-refractivity contribution in [2.45, 2.75) is 24.8 Å². The van der Waals surface area contributed by atoms with Crippen LogP contribution in [0.1, 0.15) is 12.5 Å². The molecule has 18 heavy (non-hydrogen) atoms. The second-order valence-electron chi connectivity index (χ2n) is 4.41. The van der Waals surface area contributed by atoms with Gasteiger partial charge in [-0.2, -0.15) is 17.8 Å². The highest BCUT2D eigenvalue weighted by molar-refractivity contribution is 7.86. The van der Waals surface area contributed by atoms with E-state index < -0.39 is 10.1 Å². The van der Waals surface area contributed by atoms with Gasteiger partial charge in [-0.3, -0.25) is 0 Å². The van der Waals surface area contributed by atoms with Crippen molar-refractivity contribution in [1.29, 1.82) is 0 Å². The third-order valence-corrected chi connectivity index (χ3v) is 4.05. The number of morpholine rings is 1. The Kier molecular flexibility index (Phi) is 4.01. The van der Waals surface area contributed by atoms with E-state index in [0.29, 0.717) is 19.8 Å². The molecule has 1 heterocycles. The molecule has 6 heteroatoms. The van der Waals surface area contributed by atoms with Crippen LogP contribution in [-0.2, 0) is 19.1 Å². The fourth-order valence-electron chi connectivity index (χ4n) is 1.70. The van der Waals surface area contributed by atoms with E-state index in [1.807, 2.05) is 13.8 Å². The van der Waals surface area contributed by atoms with E-state index >= 15 is 0 Å². The Bertz CT molecular complexity index is 497. The van der Waals surface area contributed by atoms with Crippen LogP contribution in [0, 0.1) is 6.92 Å². The van der Waals surface area contributed by atoms with Gasteiger partial charge < -0.3 is 4.74 Å². The summed E-state index contributed by atoms with van der Waals surface area (Å²) >= 11 is 0. The number of hydroxylamine groups is 2. The molecule has 0 aromatic heterocycles. The van der Waals surface area contributed by atoms with E-state index in [1.165, 1.54) is 5.06 Å². The van der Waals surface area contributed by atoms with Crippen molar-refractivity contribution < 1.29 is 17.4 Å². The molecule has 0 aliphatic carbocycles. The first-order valence-corrected chi connectivity index (χ1v) is 7.25. The Hall–Kier alpha value is -0.950. The second kappa shape index (κ2) is 5.36. The molecule has 1 aliphatic rings. The van der Waals surface area contributed by atoms with Gasteiger partial charge in [0.1, 0.15) is 0 Å². The van der Waals surface area contributed by atoms with Crippen LogP contribution in [0.5, 0.6) is 0 Å². The van der Waals surface area contributed by atoms with Crippen LogP contribution in [0.15, 0.2) is 29.2 Å². The monoisotopic (exact) mass is 271 g/mol. The van der Waals surface area contributed by atoms with Gasteiger partial charge >= 0.3 is 10.1 Å². The zero-order chi connectivity index (χ0) is 13.2. The molecule has 0 N–H and O–H groups in total.